The molecule has 2 atom stereocenters. The van der Waals surface area contributed by atoms with E-state index in [1.807, 2.05) is 24.3 Å². The van der Waals surface area contributed by atoms with Crippen molar-refractivity contribution >= 4 is 16.9 Å². The molecule has 2 aromatic rings. The zero-order valence-corrected chi connectivity index (χ0v) is 12.2. The van der Waals surface area contributed by atoms with E-state index in [0.717, 1.165) is 29.4 Å². The Morgan fingerprint density at radius 3 is 2.57 bits per heavy atom. The van der Waals surface area contributed by atoms with Crippen molar-refractivity contribution in [3.63, 3.8) is 0 Å². The summed E-state index contributed by atoms with van der Waals surface area (Å²) in [6, 6.07) is 8.96. The smallest absolute Gasteiger partial charge is 0.338 e. The molecule has 110 valence electrons. The van der Waals surface area contributed by atoms with Gasteiger partial charge in [-0.25, -0.2) is 4.79 Å². The summed E-state index contributed by atoms with van der Waals surface area (Å²) in [5.41, 5.74) is 2.37. The number of benzene rings is 1. The molecule has 4 nitrogen and oxygen atoms in total. The van der Waals surface area contributed by atoms with Crippen molar-refractivity contribution in [2.45, 2.75) is 43.7 Å². The average Bonchev–Trinajstić information content (AvgIpc) is 2.92. The highest BCUT2D eigenvalue weighted by Gasteiger charge is 2.40. The van der Waals surface area contributed by atoms with E-state index in [1.54, 1.807) is 0 Å². The molecule has 1 aromatic carbocycles. The molecule has 1 aromatic heterocycles. The van der Waals surface area contributed by atoms with E-state index in [1.165, 1.54) is 12.8 Å². The van der Waals surface area contributed by atoms with Crippen LogP contribution in [0, 0.1) is 0 Å². The zero-order valence-electron chi connectivity index (χ0n) is 12.2. The lowest BCUT2D eigenvalue weighted by molar-refractivity contribution is 0.0695. The normalized spacial score (nSPS) is 29.1. The second-order valence-corrected chi connectivity index (χ2v) is 6.48. The molecule has 2 N–H and O–H groups in total. The van der Waals surface area contributed by atoms with Gasteiger partial charge in [0.05, 0.1) is 5.56 Å². The van der Waals surface area contributed by atoms with Crippen LogP contribution in [0.1, 0.15) is 47.7 Å². The SMILES string of the molecule is CN1C2CCC1CC(c1[nH]c3ccccc3c1C(=O)O)C2. The van der Waals surface area contributed by atoms with Crippen molar-refractivity contribution < 1.29 is 9.90 Å². The Balaban J connectivity index is 1.80. The third kappa shape index (κ3) is 1.89. The molecule has 0 spiro atoms. The van der Waals surface area contributed by atoms with Crippen molar-refractivity contribution in [2.24, 2.45) is 0 Å². The second-order valence-electron chi connectivity index (χ2n) is 6.48. The number of piperidine rings is 1. The lowest BCUT2D eigenvalue weighted by Gasteiger charge is -2.36. The minimum absolute atomic E-state index is 0.345. The number of nitrogens with one attached hydrogen (secondary N) is 1. The molecule has 21 heavy (non-hydrogen) atoms. The summed E-state index contributed by atoms with van der Waals surface area (Å²) < 4.78 is 0. The fraction of sp³-hybridized carbons (Fsp3) is 0.471. The van der Waals surface area contributed by atoms with E-state index < -0.39 is 5.97 Å². The number of aromatic nitrogens is 1. The Morgan fingerprint density at radius 1 is 1.24 bits per heavy atom. The van der Waals surface area contributed by atoms with Crippen molar-refractivity contribution in [1.82, 2.24) is 9.88 Å². The summed E-state index contributed by atoms with van der Waals surface area (Å²) in [6.07, 6.45) is 4.64. The van der Waals surface area contributed by atoms with E-state index in [-0.39, 0.29) is 0 Å². The van der Waals surface area contributed by atoms with E-state index in [9.17, 15) is 9.90 Å². The number of carbonyl (C=O) groups is 1. The molecule has 2 saturated heterocycles. The van der Waals surface area contributed by atoms with Crippen LogP contribution in [0.3, 0.4) is 0 Å². The summed E-state index contributed by atoms with van der Waals surface area (Å²) in [5, 5.41) is 10.5. The monoisotopic (exact) mass is 284 g/mol. The standard InChI is InChI=1S/C17H20N2O2/c1-19-11-6-7-12(19)9-10(8-11)16-15(17(20)21)13-4-2-3-5-14(13)18-16/h2-5,10-12,18H,6-9H2,1H3,(H,20,21). The van der Waals surface area contributed by atoms with Gasteiger partial charge in [0.15, 0.2) is 0 Å². The Hall–Kier alpha value is -1.81. The van der Waals surface area contributed by atoms with Crippen molar-refractivity contribution in [1.29, 1.82) is 0 Å². The van der Waals surface area contributed by atoms with Crippen molar-refractivity contribution in [2.75, 3.05) is 7.05 Å². The number of aromatic amines is 1. The van der Waals surface area contributed by atoms with Gasteiger partial charge in [0, 0.05) is 34.6 Å². The van der Waals surface area contributed by atoms with Gasteiger partial charge >= 0.3 is 5.97 Å². The number of nitrogens with zero attached hydrogens (tertiary/aromatic N) is 1. The first-order chi connectivity index (χ1) is 10.1. The molecule has 4 rings (SSSR count). The molecule has 0 radical (unpaired) electrons. The van der Waals surface area contributed by atoms with Gasteiger partial charge < -0.3 is 15.0 Å². The number of H-pyrrole nitrogens is 1. The van der Waals surface area contributed by atoms with Gasteiger partial charge in [-0.2, -0.15) is 0 Å². The Kier molecular flexibility index (Phi) is 2.82. The maximum atomic E-state index is 11.8. The van der Waals surface area contributed by atoms with Gasteiger partial charge in [-0.15, -0.1) is 0 Å². The molecule has 0 saturated carbocycles. The van der Waals surface area contributed by atoms with Gasteiger partial charge in [-0.1, -0.05) is 18.2 Å². The topological polar surface area (TPSA) is 56.3 Å². The van der Waals surface area contributed by atoms with Crippen molar-refractivity contribution in [3.8, 4) is 0 Å². The van der Waals surface area contributed by atoms with E-state index in [4.69, 9.17) is 0 Å². The van der Waals surface area contributed by atoms with E-state index in [2.05, 4.69) is 16.9 Å². The lowest BCUT2D eigenvalue weighted by atomic mass is 9.86. The summed E-state index contributed by atoms with van der Waals surface area (Å²) in [5.74, 6) is -0.467. The molecule has 0 aliphatic carbocycles. The third-order valence-corrected chi connectivity index (χ3v) is 5.46. The number of hydrogen-bond donors (Lipinski definition) is 2. The number of carboxylic acid groups (broad SMARTS) is 1. The molecule has 2 aliphatic heterocycles. The highest BCUT2D eigenvalue weighted by atomic mass is 16.4. The van der Waals surface area contributed by atoms with Crippen LogP contribution in [0.2, 0.25) is 0 Å². The molecule has 3 heterocycles. The van der Waals surface area contributed by atoms with Crippen LogP contribution in [0.25, 0.3) is 10.9 Å². The van der Waals surface area contributed by atoms with Crippen molar-refractivity contribution in [3.05, 3.63) is 35.5 Å². The number of fused-ring (bicyclic) bond motifs is 3. The quantitative estimate of drug-likeness (QED) is 0.890. The number of hydrogen-bond acceptors (Lipinski definition) is 2. The highest BCUT2D eigenvalue weighted by molar-refractivity contribution is 6.04. The first kappa shape index (κ1) is 12.9. The number of para-hydroxylation sites is 1. The van der Waals surface area contributed by atoms with Crippen LogP contribution in [-0.4, -0.2) is 40.1 Å². The van der Waals surface area contributed by atoms with Gasteiger partial charge in [0.2, 0.25) is 0 Å². The summed E-state index contributed by atoms with van der Waals surface area (Å²) in [6.45, 7) is 0. The predicted octanol–water partition coefficient (Wildman–Crippen LogP) is 3.21. The van der Waals surface area contributed by atoms with Gasteiger partial charge in [-0.05, 0) is 38.8 Å². The molecule has 2 fully saturated rings. The Labute approximate surface area is 123 Å². The van der Waals surface area contributed by atoms with Gasteiger partial charge in [0.25, 0.3) is 0 Å². The summed E-state index contributed by atoms with van der Waals surface area (Å²) >= 11 is 0. The molecule has 2 unspecified atom stereocenters. The molecule has 0 amide bonds. The molecule has 2 bridgehead atoms. The largest absolute Gasteiger partial charge is 0.478 e. The second kappa shape index (κ2) is 4.60. The van der Waals surface area contributed by atoms with Gasteiger partial charge in [-0.3, -0.25) is 0 Å². The average molecular weight is 284 g/mol. The molecule has 2 aliphatic rings. The number of rotatable bonds is 2. The molecular weight excluding hydrogens is 264 g/mol. The third-order valence-electron chi connectivity index (χ3n) is 5.46. The van der Waals surface area contributed by atoms with Crippen LogP contribution < -0.4 is 0 Å². The maximum absolute atomic E-state index is 11.8. The number of aromatic carboxylic acids is 1. The van der Waals surface area contributed by atoms with Crippen LogP contribution in [0.15, 0.2) is 24.3 Å². The minimum atomic E-state index is -0.811. The highest BCUT2D eigenvalue weighted by Crippen LogP contribution is 2.43. The maximum Gasteiger partial charge on any atom is 0.338 e. The van der Waals surface area contributed by atoms with Gasteiger partial charge in [0.1, 0.15) is 0 Å². The summed E-state index contributed by atoms with van der Waals surface area (Å²) in [7, 11) is 2.21. The fourth-order valence-electron chi connectivity index (χ4n) is 4.35. The van der Waals surface area contributed by atoms with Crippen LogP contribution in [0.4, 0.5) is 0 Å². The molecular formula is C17H20N2O2. The lowest BCUT2D eigenvalue weighted by Crippen LogP contribution is -2.39. The Morgan fingerprint density at radius 2 is 1.90 bits per heavy atom. The predicted molar refractivity (Wildman–Crippen MR) is 81.8 cm³/mol. The van der Waals surface area contributed by atoms with Crippen LogP contribution in [-0.2, 0) is 0 Å². The summed E-state index contributed by atoms with van der Waals surface area (Å²) in [4.78, 5) is 17.6. The fourth-order valence-corrected chi connectivity index (χ4v) is 4.35. The van der Waals surface area contributed by atoms with E-state index in [0.29, 0.717) is 23.6 Å². The van der Waals surface area contributed by atoms with Crippen LogP contribution in [0.5, 0.6) is 0 Å². The molecule has 4 heteroatoms. The van der Waals surface area contributed by atoms with Crippen LogP contribution >= 0.6 is 0 Å². The first-order valence-electron chi connectivity index (χ1n) is 7.71. The minimum Gasteiger partial charge on any atom is -0.478 e. The zero-order chi connectivity index (χ0) is 14.6. The first-order valence-corrected chi connectivity index (χ1v) is 7.71. The van der Waals surface area contributed by atoms with E-state index >= 15 is 0 Å². The number of carboxylic acids is 1. The Bertz CT molecular complexity index is 692.